The number of rotatable bonds is 7. The van der Waals surface area contributed by atoms with Crippen molar-refractivity contribution in [2.45, 2.75) is 11.4 Å². The Labute approximate surface area is 176 Å². The normalized spacial score (nSPS) is 15.7. The smallest absolute Gasteiger partial charge is 0.293 e. The number of sulfonamides is 1. The summed E-state index contributed by atoms with van der Waals surface area (Å²) in [6.45, 7) is 2.35. The maximum atomic E-state index is 13.0. The van der Waals surface area contributed by atoms with Crippen molar-refractivity contribution < 1.29 is 18.1 Å². The van der Waals surface area contributed by atoms with Gasteiger partial charge in [0, 0.05) is 51.4 Å². The molecule has 0 radical (unpaired) electrons. The highest BCUT2D eigenvalue weighted by Crippen LogP contribution is 2.33. The second-order valence-corrected chi connectivity index (χ2v) is 9.22. The van der Waals surface area contributed by atoms with E-state index in [9.17, 15) is 18.5 Å². The van der Waals surface area contributed by atoms with E-state index < -0.39 is 14.9 Å². The van der Waals surface area contributed by atoms with E-state index in [1.807, 2.05) is 36.2 Å². The van der Waals surface area contributed by atoms with Crippen molar-refractivity contribution in [1.29, 1.82) is 0 Å². The van der Waals surface area contributed by atoms with Gasteiger partial charge in [-0.1, -0.05) is 18.2 Å². The number of nitro benzene ring substituents is 1. The highest BCUT2D eigenvalue weighted by Gasteiger charge is 2.30. The zero-order valence-corrected chi connectivity index (χ0v) is 18.1. The van der Waals surface area contributed by atoms with Crippen LogP contribution in [0.5, 0.6) is 5.75 Å². The van der Waals surface area contributed by atoms with Gasteiger partial charge in [0.25, 0.3) is 5.69 Å². The Bertz CT molecular complexity index is 1020. The predicted molar refractivity (Wildman–Crippen MR) is 114 cm³/mol. The molecule has 0 bridgehead atoms. The Morgan fingerprint density at radius 1 is 1.13 bits per heavy atom. The molecular weight excluding hydrogens is 408 g/mol. The van der Waals surface area contributed by atoms with E-state index in [1.165, 1.54) is 16.4 Å². The van der Waals surface area contributed by atoms with Gasteiger partial charge in [-0.2, -0.15) is 4.31 Å². The lowest BCUT2D eigenvalue weighted by Crippen LogP contribution is -2.47. The number of anilines is 1. The topological polar surface area (TPSA) is 96.2 Å². The minimum absolute atomic E-state index is 0.0619. The van der Waals surface area contributed by atoms with E-state index in [1.54, 1.807) is 19.1 Å². The molecule has 1 aliphatic rings. The predicted octanol–water partition coefficient (Wildman–Crippen LogP) is 2.18. The summed E-state index contributed by atoms with van der Waals surface area (Å²) in [5, 5.41) is 11.7. The average molecular weight is 435 g/mol. The maximum absolute atomic E-state index is 13.0. The Morgan fingerprint density at radius 3 is 2.43 bits per heavy atom. The zero-order chi connectivity index (χ0) is 21.9. The number of nitro groups is 1. The molecule has 0 aromatic heterocycles. The molecule has 9 nitrogen and oxygen atoms in total. The second-order valence-electron chi connectivity index (χ2n) is 7.28. The molecule has 0 amide bonds. The third kappa shape index (κ3) is 4.55. The van der Waals surface area contributed by atoms with E-state index in [0.717, 1.165) is 11.6 Å². The summed E-state index contributed by atoms with van der Waals surface area (Å²) in [5.74, 6) is 0.682. The zero-order valence-electron chi connectivity index (χ0n) is 17.3. The van der Waals surface area contributed by atoms with Gasteiger partial charge in [-0.25, -0.2) is 8.42 Å². The molecule has 1 aliphatic heterocycles. The highest BCUT2D eigenvalue weighted by molar-refractivity contribution is 7.89. The molecule has 0 unspecified atom stereocenters. The number of piperazine rings is 1. The van der Waals surface area contributed by atoms with Gasteiger partial charge in [-0.15, -0.1) is 0 Å². The van der Waals surface area contributed by atoms with Gasteiger partial charge in [-0.3, -0.25) is 10.1 Å². The SMILES string of the molecule is COc1ccccc1CN(C)c1ccc(S(=O)(=O)N2CCN(C)CC2)cc1[N+](=O)[O-]. The van der Waals surface area contributed by atoms with Gasteiger partial charge in [0.15, 0.2) is 0 Å². The Kier molecular flexibility index (Phi) is 6.59. The monoisotopic (exact) mass is 434 g/mol. The molecule has 1 saturated heterocycles. The molecule has 2 aromatic rings. The number of likely N-dealkylation sites (N-methyl/N-ethyl adjacent to an activating group) is 1. The van der Waals surface area contributed by atoms with Gasteiger partial charge < -0.3 is 14.5 Å². The lowest BCUT2D eigenvalue weighted by Gasteiger charge is -2.31. The lowest BCUT2D eigenvalue weighted by molar-refractivity contribution is -0.384. The molecule has 0 aliphatic carbocycles. The number of methoxy groups -OCH3 is 1. The number of hydrogen-bond donors (Lipinski definition) is 0. The summed E-state index contributed by atoms with van der Waals surface area (Å²) in [7, 11) is 1.44. The summed E-state index contributed by atoms with van der Waals surface area (Å²) in [4.78, 5) is 14.9. The van der Waals surface area contributed by atoms with Gasteiger partial charge in [-0.05, 0) is 25.2 Å². The van der Waals surface area contributed by atoms with Crippen molar-refractivity contribution in [3.8, 4) is 5.75 Å². The molecule has 30 heavy (non-hydrogen) atoms. The fourth-order valence-electron chi connectivity index (χ4n) is 3.48. The molecule has 0 spiro atoms. The van der Waals surface area contributed by atoms with E-state index in [2.05, 4.69) is 0 Å². The molecule has 2 aromatic carbocycles. The summed E-state index contributed by atoms with van der Waals surface area (Å²) in [6.07, 6.45) is 0. The van der Waals surface area contributed by atoms with Crippen LogP contribution in [0, 0.1) is 10.1 Å². The van der Waals surface area contributed by atoms with Crippen LogP contribution in [0.25, 0.3) is 0 Å². The molecule has 1 fully saturated rings. The fraction of sp³-hybridized carbons (Fsp3) is 0.400. The minimum Gasteiger partial charge on any atom is -0.496 e. The summed E-state index contributed by atoms with van der Waals surface area (Å²) < 4.78 is 32.7. The first kappa shape index (κ1) is 22.0. The van der Waals surface area contributed by atoms with Crippen molar-refractivity contribution in [3.63, 3.8) is 0 Å². The Morgan fingerprint density at radius 2 is 1.80 bits per heavy atom. The number of para-hydroxylation sites is 1. The number of ether oxygens (including phenoxy) is 1. The van der Waals surface area contributed by atoms with Crippen molar-refractivity contribution in [1.82, 2.24) is 9.21 Å². The van der Waals surface area contributed by atoms with Crippen LogP contribution in [0.3, 0.4) is 0 Å². The van der Waals surface area contributed by atoms with E-state index in [4.69, 9.17) is 4.74 Å². The number of nitrogens with zero attached hydrogens (tertiary/aromatic N) is 4. The van der Waals surface area contributed by atoms with Crippen LogP contribution < -0.4 is 9.64 Å². The summed E-state index contributed by atoms with van der Waals surface area (Å²) in [5.41, 5.74) is 0.955. The highest BCUT2D eigenvalue weighted by atomic mass is 32.2. The molecule has 0 N–H and O–H groups in total. The van der Waals surface area contributed by atoms with Crippen LogP contribution in [0.15, 0.2) is 47.4 Å². The third-order valence-corrected chi connectivity index (χ3v) is 7.15. The molecular formula is C20H26N4O5S. The first-order valence-corrected chi connectivity index (χ1v) is 11.0. The van der Waals surface area contributed by atoms with Gasteiger partial charge in [0.2, 0.25) is 10.0 Å². The Hall–Kier alpha value is -2.69. The van der Waals surface area contributed by atoms with Crippen LogP contribution in [0.1, 0.15) is 5.56 Å². The molecule has 3 rings (SSSR count). The van der Waals surface area contributed by atoms with Crippen molar-refractivity contribution in [2.75, 3.05) is 52.3 Å². The van der Waals surface area contributed by atoms with E-state index in [0.29, 0.717) is 44.2 Å². The lowest BCUT2D eigenvalue weighted by atomic mass is 10.1. The van der Waals surface area contributed by atoms with E-state index >= 15 is 0 Å². The van der Waals surface area contributed by atoms with Crippen molar-refractivity contribution in [3.05, 3.63) is 58.1 Å². The van der Waals surface area contributed by atoms with Gasteiger partial charge in [0.1, 0.15) is 11.4 Å². The first-order chi connectivity index (χ1) is 14.2. The summed E-state index contributed by atoms with van der Waals surface area (Å²) in [6, 6.07) is 11.5. The molecule has 1 heterocycles. The van der Waals surface area contributed by atoms with Crippen LogP contribution in [-0.4, -0.2) is 69.9 Å². The fourth-order valence-corrected chi connectivity index (χ4v) is 4.93. The van der Waals surface area contributed by atoms with Gasteiger partial charge in [0.05, 0.1) is 16.9 Å². The second kappa shape index (κ2) is 8.99. The minimum atomic E-state index is -3.79. The summed E-state index contributed by atoms with van der Waals surface area (Å²) >= 11 is 0. The molecule has 0 saturated carbocycles. The quantitative estimate of drug-likeness (QED) is 0.487. The van der Waals surface area contributed by atoms with Crippen LogP contribution in [-0.2, 0) is 16.6 Å². The average Bonchev–Trinajstić information content (AvgIpc) is 2.74. The Balaban J connectivity index is 1.91. The van der Waals surface area contributed by atoms with E-state index in [-0.39, 0.29) is 10.6 Å². The number of benzene rings is 2. The number of hydrogen-bond acceptors (Lipinski definition) is 7. The van der Waals surface area contributed by atoms with Crippen LogP contribution in [0.4, 0.5) is 11.4 Å². The van der Waals surface area contributed by atoms with Crippen molar-refractivity contribution in [2.24, 2.45) is 0 Å². The first-order valence-electron chi connectivity index (χ1n) is 9.54. The van der Waals surface area contributed by atoms with Gasteiger partial charge >= 0.3 is 0 Å². The maximum Gasteiger partial charge on any atom is 0.293 e. The van der Waals surface area contributed by atoms with Crippen molar-refractivity contribution >= 4 is 21.4 Å². The largest absolute Gasteiger partial charge is 0.496 e. The standard InChI is InChI=1S/C20H26N4O5S/c1-21-10-12-23(13-11-21)30(27,28)17-8-9-18(19(14-17)24(25)26)22(2)15-16-6-4-5-7-20(16)29-3/h4-9,14H,10-13,15H2,1-3H3. The molecule has 162 valence electrons. The van der Waals surface area contributed by atoms with Crippen LogP contribution >= 0.6 is 0 Å². The third-order valence-electron chi connectivity index (χ3n) is 5.25. The van der Waals surface area contributed by atoms with Crippen LogP contribution in [0.2, 0.25) is 0 Å². The molecule has 0 atom stereocenters. The molecule has 10 heteroatoms.